The van der Waals surface area contributed by atoms with Crippen LogP contribution >= 0.6 is 0 Å². The van der Waals surface area contributed by atoms with Gasteiger partial charge in [0.05, 0.1) is 5.22 Å². The van der Waals surface area contributed by atoms with Gasteiger partial charge in [-0.25, -0.2) is 0 Å². The van der Waals surface area contributed by atoms with Gasteiger partial charge < -0.3 is 5.21 Å². The highest BCUT2D eigenvalue weighted by Gasteiger charge is 2.28. The minimum Gasteiger partial charge on any atom is -0.564 e. The van der Waals surface area contributed by atoms with Gasteiger partial charge in [0.25, 0.3) is 0 Å². The summed E-state index contributed by atoms with van der Waals surface area (Å²) in [5, 5.41) is 26.5. The lowest BCUT2D eigenvalue weighted by atomic mass is 10.3. The predicted octanol–water partition coefficient (Wildman–Crippen LogP) is 1.89. The summed E-state index contributed by atoms with van der Waals surface area (Å²) in [4.78, 5) is -1.74. The molecule has 1 N–H and O–H groups in total. The number of hydrogen-bond donors (Lipinski definition) is 1. The second-order valence-electron chi connectivity index (χ2n) is 2.22. The van der Waals surface area contributed by atoms with E-state index >= 15 is 0 Å². The van der Waals surface area contributed by atoms with Crippen molar-refractivity contribution in [1.82, 2.24) is 4.92 Å². The minimum absolute atomic E-state index is 0.160. The average molecular weight is 151 g/mol. The Hall–Kier alpha value is -1.30. The van der Waals surface area contributed by atoms with Crippen molar-refractivity contribution in [3.05, 3.63) is 29.5 Å². The molecule has 5 nitrogen and oxygen atoms in total. The van der Waals surface area contributed by atoms with Crippen LogP contribution in [0.5, 0.6) is 0 Å². The van der Waals surface area contributed by atoms with E-state index in [2.05, 4.69) is 10.3 Å². The Morgan fingerprint density at radius 3 is 2.82 bits per heavy atom. The molecule has 0 aromatic heterocycles. The fourth-order valence-electron chi connectivity index (χ4n) is 0.952. The monoisotopic (exact) mass is 151 g/mol. The second-order valence-corrected chi connectivity index (χ2v) is 2.22. The number of para-hydroxylation sites is 1. The van der Waals surface area contributed by atoms with E-state index in [1.54, 1.807) is 18.2 Å². The number of benzene rings is 1. The van der Waals surface area contributed by atoms with Gasteiger partial charge in [0.2, 0.25) is 5.69 Å². The van der Waals surface area contributed by atoms with Gasteiger partial charge in [0.15, 0.2) is 5.69 Å². The molecular weight excluding hydrogens is 146 g/mol. The van der Waals surface area contributed by atoms with Crippen molar-refractivity contribution >= 4 is 11.4 Å². The van der Waals surface area contributed by atoms with Crippen LogP contribution in [-0.4, -0.2) is 5.21 Å². The number of quaternary nitrogens is 1. The molecule has 0 bridgehead atoms. The molecule has 56 valence electrons. The van der Waals surface area contributed by atoms with E-state index in [1.165, 1.54) is 6.07 Å². The molecule has 0 radical (unpaired) electrons. The summed E-state index contributed by atoms with van der Waals surface area (Å²) in [6.07, 6.45) is 0. The molecular formula is C6H5N3O2. The third-order valence-electron chi connectivity index (χ3n) is 1.47. The van der Waals surface area contributed by atoms with Crippen molar-refractivity contribution in [3.63, 3.8) is 0 Å². The highest BCUT2D eigenvalue weighted by atomic mass is 16.9. The zero-order valence-electron chi connectivity index (χ0n) is 5.51. The Kier molecular flexibility index (Phi) is 1.08. The molecule has 11 heavy (non-hydrogen) atoms. The lowest BCUT2D eigenvalue weighted by Gasteiger charge is -2.19. The van der Waals surface area contributed by atoms with Crippen LogP contribution in [0.1, 0.15) is 0 Å². The molecule has 1 atom stereocenters. The van der Waals surface area contributed by atoms with Crippen LogP contribution in [0.15, 0.2) is 34.6 Å². The second kappa shape index (κ2) is 1.85. The first-order chi connectivity index (χ1) is 5.20. The summed E-state index contributed by atoms with van der Waals surface area (Å²) in [6, 6.07) is 6.48. The smallest absolute Gasteiger partial charge is 0.222 e. The van der Waals surface area contributed by atoms with Crippen molar-refractivity contribution in [2.45, 2.75) is 0 Å². The molecule has 2 rings (SSSR count). The lowest BCUT2D eigenvalue weighted by Crippen LogP contribution is -2.29. The van der Waals surface area contributed by atoms with E-state index in [1.807, 2.05) is 0 Å². The van der Waals surface area contributed by atoms with Gasteiger partial charge in [0, 0.05) is 6.07 Å². The van der Waals surface area contributed by atoms with Crippen LogP contribution < -0.4 is 4.92 Å². The summed E-state index contributed by atoms with van der Waals surface area (Å²) in [6.45, 7) is 0. The van der Waals surface area contributed by atoms with Crippen LogP contribution in [-0.2, 0) is 0 Å². The standard InChI is InChI=1S/C6H5N3O2/c10-9(11)6-4-2-1-3-5(6)7-8-9/h1-4,10H. The predicted molar refractivity (Wildman–Crippen MR) is 37.9 cm³/mol. The third-order valence-corrected chi connectivity index (χ3v) is 1.47. The van der Waals surface area contributed by atoms with Gasteiger partial charge in [-0.05, 0) is 11.0 Å². The largest absolute Gasteiger partial charge is 0.564 e. The molecule has 1 aliphatic heterocycles. The maximum absolute atomic E-state index is 11.0. The summed E-state index contributed by atoms with van der Waals surface area (Å²) in [5.74, 6) is 0. The van der Waals surface area contributed by atoms with Gasteiger partial charge in [-0.15, -0.1) is 0 Å². The fraction of sp³-hybridized carbons (Fsp3) is 0. The number of rotatable bonds is 0. The van der Waals surface area contributed by atoms with E-state index in [4.69, 9.17) is 5.21 Å². The van der Waals surface area contributed by atoms with Crippen LogP contribution in [0.4, 0.5) is 11.4 Å². The molecule has 5 heteroatoms. The average Bonchev–Trinajstić information content (AvgIpc) is 2.29. The van der Waals surface area contributed by atoms with E-state index < -0.39 is 4.92 Å². The zero-order valence-corrected chi connectivity index (χ0v) is 5.51. The first kappa shape index (κ1) is 6.41. The summed E-state index contributed by atoms with van der Waals surface area (Å²) in [7, 11) is 0. The fourth-order valence-corrected chi connectivity index (χ4v) is 0.952. The van der Waals surface area contributed by atoms with E-state index in [9.17, 15) is 5.21 Å². The van der Waals surface area contributed by atoms with Crippen molar-refractivity contribution < 1.29 is 5.21 Å². The van der Waals surface area contributed by atoms with Gasteiger partial charge in [-0.1, -0.05) is 17.2 Å². The molecule has 0 spiro atoms. The van der Waals surface area contributed by atoms with Gasteiger partial charge in [0.1, 0.15) is 0 Å². The Morgan fingerprint density at radius 2 is 2.09 bits per heavy atom. The van der Waals surface area contributed by atoms with Gasteiger partial charge >= 0.3 is 0 Å². The normalized spacial score (nSPS) is 27.1. The number of nitrogens with zero attached hydrogens (tertiary/aromatic N) is 3. The van der Waals surface area contributed by atoms with Crippen molar-refractivity contribution in [2.75, 3.05) is 0 Å². The molecule has 0 aliphatic carbocycles. The van der Waals surface area contributed by atoms with Crippen LogP contribution in [0.3, 0.4) is 0 Å². The molecule has 1 heterocycles. The maximum Gasteiger partial charge on any atom is 0.222 e. The Balaban J connectivity index is 2.64. The molecule has 1 unspecified atom stereocenters. The van der Waals surface area contributed by atoms with Crippen molar-refractivity contribution in [2.24, 2.45) is 10.3 Å². The molecule has 1 aliphatic rings. The van der Waals surface area contributed by atoms with E-state index in [0.717, 1.165) is 0 Å². The lowest BCUT2D eigenvalue weighted by molar-refractivity contribution is -0.0307. The summed E-state index contributed by atoms with van der Waals surface area (Å²) in [5.41, 5.74) is 0.581. The van der Waals surface area contributed by atoms with E-state index in [0.29, 0.717) is 5.69 Å². The summed E-state index contributed by atoms with van der Waals surface area (Å²) < 4.78 is 0. The number of hydrogen-bond acceptors (Lipinski definition) is 4. The van der Waals surface area contributed by atoms with Gasteiger partial charge in [-0.2, -0.15) is 5.21 Å². The molecule has 0 fully saturated rings. The Bertz CT molecular complexity index is 321. The SMILES string of the molecule is [O-][N+]1(O)N=Nc2ccccc21. The van der Waals surface area contributed by atoms with E-state index in [-0.39, 0.29) is 5.69 Å². The van der Waals surface area contributed by atoms with Crippen molar-refractivity contribution in [3.8, 4) is 0 Å². The zero-order chi connectivity index (χ0) is 7.90. The van der Waals surface area contributed by atoms with Crippen LogP contribution in [0, 0.1) is 5.21 Å². The Morgan fingerprint density at radius 1 is 1.36 bits per heavy atom. The molecule has 0 saturated heterocycles. The molecule has 0 amide bonds. The molecule has 1 aromatic rings. The highest BCUT2D eigenvalue weighted by Crippen LogP contribution is 2.37. The minimum atomic E-state index is -1.74. The van der Waals surface area contributed by atoms with Crippen molar-refractivity contribution in [1.29, 1.82) is 0 Å². The number of fused-ring (bicyclic) bond motifs is 1. The van der Waals surface area contributed by atoms with Gasteiger partial charge in [-0.3, -0.25) is 0 Å². The third kappa shape index (κ3) is 0.829. The first-order valence-electron chi connectivity index (χ1n) is 3.06. The quantitative estimate of drug-likeness (QED) is 0.454. The first-order valence-corrected chi connectivity index (χ1v) is 3.06. The van der Waals surface area contributed by atoms with Crippen LogP contribution in [0.25, 0.3) is 0 Å². The summed E-state index contributed by atoms with van der Waals surface area (Å²) >= 11 is 0. The maximum atomic E-state index is 11.0. The highest BCUT2D eigenvalue weighted by molar-refractivity contribution is 5.64. The Labute approximate surface area is 62.3 Å². The molecule has 1 aromatic carbocycles. The topological polar surface area (TPSA) is 68.0 Å². The molecule has 0 saturated carbocycles. The van der Waals surface area contributed by atoms with Crippen LogP contribution in [0.2, 0.25) is 0 Å².